The van der Waals surface area contributed by atoms with Gasteiger partial charge in [0.15, 0.2) is 23.1 Å². The predicted octanol–water partition coefficient (Wildman–Crippen LogP) is 5.49. The molecule has 6 rings (SSSR count). The van der Waals surface area contributed by atoms with Gasteiger partial charge >= 0.3 is 0 Å². The SMILES string of the molecule is COc1cc2c(Oc3ccc(NC(=O)C4(C(=O)Nc5ccc(F)cc5)CC4)cc3F)ccnc2cc1OCCC[N+]1(C)CCNCC1. The molecule has 2 fully saturated rings. The van der Waals surface area contributed by atoms with E-state index in [-0.39, 0.29) is 11.4 Å². The number of nitrogens with zero attached hydrogens (tertiary/aromatic N) is 2. The quantitative estimate of drug-likeness (QED) is 0.106. The second kappa shape index (κ2) is 13.5. The molecule has 0 radical (unpaired) electrons. The number of carbonyl (C=O) groups is 2. The van der Waals surface area contributed by atoms with Gasteiger partial charge in [-0.2, -0.15) is 0 Å². The Balaban J connectivity index is 1.10. The molecule has 2 heterocycles. The topological polar surface area (TPSA) is 111 Å². The molecule has 1 saturated carbocycles. The van der Waals surface area contributed by atoms with Crippen molar-refractivity contribution in [2.75, 3.05) is 64.1 Å². The Morgan fingerprint density at radius 2 is 1.60 bits per heavy atom. The summed E-state index contributed by atoms with van der Waals surface area (Å²) in [5, 5.41) is 9.31. The molecule has 2 amide bonds. The average molecular weight is 647 g/mol. The number of amides is 2. The molecule has 3 N–H and O–H groups in total. The number of ether oxygens (including phenoxy) is 3. The molecule has 10 nitrogen and oxygen atoms in total. The van der Waals surface area contributed by atoms with Crippen molar-refractivity contribution in [2.24, 2.45) is 5.41 Å². The van der Waals surface area contributed by atoms with E-state index in [1.165, 1.54) is 36.4 Å². The Labute approximate surface area is 271 Å². The molecule has 0 bridgehead atoms. The number of piperazine rings is 1. The van der Waals surface area contributed by atoms with Gasteiger partial charge < -0.3 is 34.6 Å². The van der Waals surface area contributed by atoms with Gasteiger partial charge in [0.25, 0.3) is 0 Å². The normalized spacial score (nSPS) is 16.3. The first-order valence-corrected chi connectivity index (χ1v) is 15.7. The molecule has 246 valence electrons. The standard InChI is InChI=1S/C35H37F2N5O5/c1-42(17-14-38-15-18-42)16-3-19-46-32-22-28-26(21-31(32)45-2)29(10-13-39-28)47-30-9-8-25(20-27(30)37)41-34(44)35(11-12-35)33(43)40-24-6-4-23(36)5-7-24/h4-10,13,20-22,38H,3,11-12,14-19H2,1-2H3,(H-,40,41,43,44)/p+1. The van der Waals surface area contributed by atoms with Crippen molar-refractivity contribution in [2.45, 2.75) is 19.3 Å². The van der Waals surface area contributed by atoms with Gasteiger partial charge in [0.2, 0.25) is 11.8 Å². The number of fused-ring (bicyclic) bond motifs is 1. The van der Waals surface area contributed by atoms with Crippen LogP contribution in [0.3, 0.4) is 0 Å². The van der Waals surface area contributed by atoms with Gasteiger partial charge in [-0.25, -0.2) is 8.78 Å². The monoisotopic (exact) mass is 646 g/mol. The number of aromatic nitrogens is 1. The van der Waals surface area contributed by atoms with E-state index < -0.39 is 28.9 Å². The Bertz CT molecular complexity index is 1770. The van der Waals surface area contributed by atoms with Crippen LogP contribution in [0.15, 0.2) is 66.9 Å². The highest BCUT2D eigenvalue weighted by Gasteiger charge is 2.56. The highest BCUT2D eigenvalue weighted by molar-refractivity contribution is 6.16. The van der Waals surface area contributed by atoms with Crippen LogP contribution in [0.2, 0.25) is 0 Å². The van der Waals surface area contributed by atoms with Crippen LogP contribution in [0.5, 0.6) is 23.0 Å². The molecule has 1 aliphatic carbocycles. The number of carbonyl (C=O) groups excluding carboxylic acids is 2. The number of pyridine rings is 1. The van der Waals surface area contributed by atoms with Crippen molar-refractivity contribution in [3.05, 3.63) is 78.5 Å². The minimum Gasteiger partial charge on any atom is -0.493 e. The number of hydrogen-bond acceptors (Lipinski definition) is 7. The number of benzene rings is 3. The van der Waals surface area contributed by atoms with Crippen molar-refractivity contribution in [1.29, 1.82) is 0 Å². The number of methoxy groups -OCH3 is 1. The minimum atomic E-state index is -1.28. The number of anilines is 2. The maximum Gasteiger partial charge on any atom is 0.240 e. The molecule has 0 atom stereocenters. The molecule has 3 aromatic carbocycles. The van der Waals surface area contributed by atoms with Crippen LogP contribution < -0.4 is 30.2 Å². The molecular formula is C35H38F2N5O5+. The zero-order valence-corrected chi connectivity index (χ0v) is 26.4. The average Bonchev–Trinajstić information content (AvgIpc) is 3.88. The van der Waals surface area contributed by atoms with E-state index in [0.29, 0.717) is 53.3 Å². The van der Waals surface area contributed by atoms with Gasteiger partial charge in [0.1, 0.15) is 17.0 Å². The third-order valence-electron chi connectivity index (χ3n) is 8.87. The summed E-state index contributed by atoms with van der Waals surface area (Å²) < 4.78 is 47.2. The van der Waals surface area contributed by atoms with Crippen LogP contribution in [0.25, 0.3) is 10.9 Å². The fraction of sp³-hybridized carbons (Fsp3) is 0.343. The molecule has 0 unspecified atom stereocenters. The number of rotatable bonds is 12. The number of halogens is 2. The predicted molar refractivity (Wildman–Crippen MR) is 174 cm³/mol. The van der Waals surface area contributed by atoms with E-state index in [1.54, 1.807) is 31.5 Å². The molecule has 0 spiro atoms. The Kier molecular flexibility index (Phi) is 9.24. The highest BCUT2D eigenvalue weighted by Crippen LogP contribution is 2.47. The van der Waals surface area contributed by atoms with Crippen LogP contribution in [0.4, 0.5) is 20.2 Å². The summed E-state index contributed by atoms with van der Waals surface area (Å²) in [6.45, 7) is 5.81. The van der Waals surface area contributed by atoms with Crippen LogP contribution in [-0.4, -0.2) is 74.8 Å². The smallest absolute Gasteiger partial charge is 0.240 e. The summed E-state index contributed by atoms with van der Waals surface area (Å²) in [6, 6.07) is 14.5. The van der Waals surface area contributed by atoms with Crippen LogP contribution in [0.1, 0.15) is 19.3 Å². The van der Waals surface area contributed by atoms with Crippen molar-refractivity contribution >= 4 is 34.1 Å². The van der Waals surface area contributed by atoms with Gasteiger partial charge in [-0.3, -0.25) is 14.6 Å². The van der Waals surface area contributed by atoms with E-state index in [4.69, 9.17) is 14.2 Å². The summed E-state index contributed by atoms with van der Waals surface area (Å²) in [5.74, 6) is -0.810. The van der Waals surface area contributed by atoms with Gasteiger partial charge in [0.05, 0.1) is 45.9 Å². The van der Waals surface area contributed by atoms with Crippen LogP contribution in [0, 0.1) is 17.0 Å². The summed E-state index contributed by atoms with van der Waals surface area (Å²) in [6.07, 6.45) is 3.16. The Morgan fingerprint density at radius 3 is 2.28 bits per heavy atom. The van der Waals surface area contributed by atoms with Crippen molar-refractivity contribution in [3.8, 4) is 23.0 Å². The summed E-state index contributed by atoms with van der Waals surface area (Å²) in [5.41, 5.74) is -0.124. The van der Waals surface area contributed by atoms with Crippen molar-refractivity contribution in [1.82, 2.24) is 10.3 Å². The van der Waals surface area contributed by atoms with Gasteiger partial charge in [0, 0.05) is 54.6 Å². The molecule has 4 aromatic rings. The van der Waals surface area contributed by atoms with Crippen LogP contribution >= 0.6 is 0 Å². The molecule has 1 saturated heterocycles. The Hall–Kier alpha value is -4.81. The zero-order chi connectivity index (χ0) is 33.0. The molecule has 47 heavy (non-hydrogen) atoms. The maximum atomic E-state index is 15.3. The number of hydrogen-bond donors (Lipinski definition) is 3. The minimum absolute atomic E-state index is 0.0606. The summed E-state index contributed by atoms with van der Waals surface area (Å²) in [4.78, 5) is 30.4. The second-order valence-electron chi connectivity index (χ2n) is 12.3. The molecular weight excluding hydrogens is 608 g/mol. The zero-order valence-electron chi connectivity index (χ0n) is 26.4. The summed E-state index contributed by atoms with van der Waals surface area (Å²) >= 11 is 0. The molecule has 1 aliphatic heterocycles. The van der Waals surface area contributed by atoms with E-state index in [0.717, 1.165) is 49.7 Å². The maximum absolute atomic E-state index is 15.3. The third-order valence-corrected chi connectivity index (χ3v) is 8.87. The van der Waals surface area contributed by atoms with Gasteiger partial charge in [-0.15, -0.1) is 0 Å². The second-order valence-corrected chi connectivity index (χ2v) is 12.3. The first-order chi connectivity index (χ1) is 22.7. The van der Waals surface area contributed by atoms with E-state index in [1.807, 2.05) is 0 Å². The lowest BCUT2D eigenvalue weighted by Gasteiger charge is -2.38. The first kappa shape index (κ1) is 32.1. The lowest BCUT2D eigenvalue weighted by atomic mass is 10.0. The van der Waals surface area contributed by atoms with Crippen molar-refractivity contribution in [3.63, 3.8) is 0 Å². The number of quaternary nitrogens is 1. The number of nitrogens with one attached hydrogen (secondary N) is 3. The molecule has 1 aromatic heterocycles. The van der Waals surface area contributed by atoms with Crippen molar-refractivity contribution < 1.29 is 37.1 Å². The lowest BCUT2D eigenvalue weighted by molar-refractivity contribution is -0.911. The van der Waals surface area contributed by atoms with Crippen LogP contribution in [-0.2, 0) is 9.59 Å². The lowest BCUT2D eigenvalue weighted by Crippen LogP contribution is -2.56. The largest absolute Gasteiger partial charge is 0.493 e. The summed E-state index contributed by atoms with van der Waals surface area (Å²) in [7, 11) is 3.83. The highest BCUT2D eigenvalue weighted by atomic mass is 19.1. The van der Waals surface area contributed by atoms with Gasteiger partial charge in [-0.05, 0) is 61.4 Å². The first-order valence-electron chi connectivity index (χ1n) is 15.7. The Morgan fingerprint density at radius 1 is 0.894 bits per heavy atom. The van der Waals surface area contributed by atoms with E-state index >= 15 is 4.39 Å². The fourth-order valence-corrected chi connectivity index (χ4v) is 5.77. The molecule has 2 aliphatic rings. The van der Waals surface area contributed by atoms with E-state index in [2.05, 4.69) is 28.0 Å². The fourth-order valence-electron chi connectivity index (χ4n) is 5.77. The van der Waals surface area contributed by atoms with Gasteiger partial charge in [-0.1, -0.05) is 0 Å². The van der Waals surface area contributed by atoms with E-state index in [9.17, 15) is 14.0 Å². The third kappa shape index (κ3) is 7.28. The number of likely N-dealkylation sites (N-methyl/N-ethyl adjacent to an activating group) is 1. The molecule has 12 heteroatoms.